The minimum absolute atomic E-state index is 0.0989. The molecule has 3 fully saturated rings. The van der Waals surface area contributed by atoms with E-state index in [-0.39, 0.29) is 16.7 Å². The molecule has 112 valence electrons. The van der Waals surface area contributed by atoms with E-state index in [0.29, 0.717) is 4.90 Å². The standard InChI is InChI=1S/C16H18BrNO2S/c1-18-16-9-6-15(7-10-16,8-11-16)12-21(19,20)14-4-2-13(17)3-5-14/h2-5H,6-12H2. The monoisotopic (exact) mass is 367 g/mol. The van der Waals surface area contributed by atoms with Crippen LogP contribution in [0, 0.1) is 12.0 Å². The second-order valence-corrected chi connectivity index (χ2v) is 9.45. The van der Waals surface area contributed by atoms with Gasteiger partial charge in [0.25, 0.3) is 0 Å². The Balaban J connectivity index is 1.81. The molecule has 0 heterocycles. The Morgan fingerprint density at radius 3 is 2.05 bits per heavy atom. The molecule has 0 radical (unpaired) electrons. The summed E-state index contributed by atoms with van der Waals surface area (Å²) in [5, 5.41) is 0. The fourth-order valence-electron chi connectivity index (χ4n) is 3.76. The predicted molar refractivity (Wildman–Crippen MR) is 85.7 cm³/mol. The van der Waals surface area contributed by atoms with Crippen molar-refractivity contribution in [2.45, 2.75) is 49.0 Å². The van der Waals surface area contributed by atoms with Gasteiger partial charge in [0, 0.05) is 23.7 Å². The molecule has 2 bridgehead atoms. The van der Waals surface area contributed by atoms with Gasteiger partial charge >= 0.3 is 0 Å². The van der Waals surface area contributed by atoms with Gasteiger partial charge in [-0.25, -0.2) is 15.0 Å². The van der Waals surface area contributed by atoms with E-state index >= 15 is 0 Å². The van der Waals surface area contributed by atoms with Crippen molar-refractivity contribution in [2.24, 2.45) is 5.41 Å². The molecule has 5 heteroatoms. The van der Waals surface area contributed by atoms with Gasteiger partial charge in [0.05, 0.1) is 10.6 Å². The first-order chi connectivity index (χ1) is 9.89. The van der Waals surface area contributed by atoms with E-state index < -0.39 is 9.84 Å². The first-order valence-electron chi connectivity index (χ1n) is 7.26. The molecular weight excluding hydrogens is 350 g/mol. The van der Waals surface area contributed by atoms with Crippen LogP contribution >= 0.6 is 15.9 Å². The van der Waals surface area contributed by atoms with Gasteiger partial charge in [-0.15, -0.1) is 0 Å². The minimum atomic E-state index is -3.25. The normalized spacial score (nSPS) is 31.8. The molecule has 0 amide bonds. The number of hydrogen-bond acceptors (Lipinski definition) is 2. The molecule has 0 aromatic heterocycles. The van der Waals surface area contributed by atoms with Crippen molar-refractivity contribution >= 4 is 25.8 Å². The van der Waals surface area contributed by atoms with Crippen LogP contribution in [-0.4, -0.2) is 19.7 Å². The molecule has 0 aliphatic heterocycles. The smallest absolute Gasteiger partial charge is 0.232 e. The van der Waals surface area contributed by atoms with E-state index in [1.807, 2.05) is 0 Å². The maximum atomic E-state index is 12.7. The molecule has 1 aromatic carbocycles. The fraction of sp³-hybridized carbons (Fsp3) is 0.562. The topological polar surface area (TPSA) is 38.5 Å². The highest BCUT2D eigenvalue weighted by atomic mass is 79.9. The molecule has 3 nitrogen and oxygen atoms in total. The third kappa shape index (κ3) is 2.76. The number of fused-ring (bicyclic) bond motifs is 3. The van der Waals surface area contributed by atoms with E-state index in [9.17, 15) is 8.42 Å². The summed E-state index contributed by atoms with van der Waals surface area (Å²) in [6.45, 7) is 7.37. The lowest BCUT2D eigenvalue weighted by molar-refractivity contribution is 0.0837. The Hall–Kier alpha value is -0.860. The first-order valence-corrected chi connectivity index (χ1v) is 9.70. The molecule has 3 saturated carbocycles. The summed E-state index contributed by atoms with van der Waals surface area (Å²) in [5.74, 6) is 0.232. The molecule has 0 atom stereocenters. The van der Waals surface area contributed by atoms with Crippen LogP contribution in [0.1, 0.15) is 38.5 Å². The Morgan fingerprint density at radius 2 is 1.57 bits per heavy atom. The Labute approximate surface area is 134 Å². The first kappa shape index (κ1) is 15.1. The molecule has 0 saturated heterocycles. The molecule has 4 rings (SSSR count). The van der Waals surface area contributed by atoms with Gasteiger partial charge < -0.3 is 4.85 Å². The Morgan fingerprint density at radius 1 is 1.05 bits per heavy atom. The van der Waals surface area contributed by atoms with E-state index in [4.69, 9.17) is 6.57 Å². The van der Waals surface area contributed by atoms with E-state index in [0.717, 1.165) is 43.0 Å². The third-order valence-corrected chi connectivity index (χ3v) is 7.78. The lowest BCUT2D eigenvalue weighted by atomic mass is 9.58. The van der Waals surface area contributed by atoms with Crippen LogP contribution < -0.4 is 0 Å². The predicted octanol–water partition coefficient (Wildman–Crippen LogP) is 4.24. The molecule has 0 spiro atoms. The van der Waals surface area contributed by atoms with Crippen molar-refractivity contribution in [1.29, 1.82) is 0 Å². The lowest BCUT2D eigenvalue weighted by Crippen LogP contribution is -2.47. The molecule has 3 aliphatic carbocycles. The number of halogens is 1. The summed E-state index contributed by atoms with van der Waals surface area (Å²) in [7, 11) is -3.25. The van der Waals surface area contributed by atoms with Crippen LogP contribution in [0.3, 0.4) is 0 Å². The van der Waals surface area contributed by atoms with Gasteiger partial charge in [0.2, 0.25) is 5.54 Å². The highest BCUT2D eigenvalue weighted by Gasteiger charge is 2.54. The van der Waals surface area contributed by atoms with Gasteiger partial charge in [-0.3, -0.25) is 0 Å². The van der Waals surface area contributed by atoms with Gasteiger partial charge in [0.1, 0.15) is 0 Å². The second-order valence-electron chi connectivity index (χ2n) is 6.55. The van der Waals surface area contributed by atoms with Crippen molar-refractivity contribution in [1.82, 2.24) is 0 Å². The summed E-state index contributed by atoms with van der Waals surface area (Å²) in [4.78, 5) is 4.24. The van der Waals surface area contributed by atoms with E-state index in [1.165, 1.54) is 0 Å². The lowest BCUT2D eigenvalue weighted by Gasteiger charge is -2.47. The van der Waals surface area contributed by atoms with Crippen LogP contribution in [0.4, 0.5) is 0 Å². The van der Waals surface area contributed by atoms with Crippen LogP contribution in [0.2, 0.25) is 0 Å². The zero-order valence-electron chi connectivity index (χ0n) is 11.8. The molecule has 21 heavy (non-hydrogen) atoms. The van der Waals surface area contributed by atoms with Crippen molar-refractivity contribution in [3.8, 4) is 0 Å². The van der Waals surface area contributed by atoms with Gasteiger partial charge in [-0.05, 0) is 48.9 Å². The van der Waals surface area contributed by atoms with Crippen molar-refractivity contribution in [3.05, 3.63) is 40.2 Å². The van der Waals surface area contributed by atoms with Gasteiger partial charge in [0.15, 0.2) is 9.84 Å². The van der Waals surface area contributed by atoms with Gasteiger partial charge in [-0.2, -0.15) is 0 Å². The highest BCUT2D eigenvalue weighted by Crippen LogP contribution is 2.54. The van der Waals surface area contributed by atoms with Crippen LogP contribution in [0.25, 0.3) is 4.85 Å². The average molecular weight is 368 g/mol. The maximum Gasteiger partial charge on any atom is 0.232 e. The third-order valence-electron chi connectivity index (χ3n) is 5.27. The Bertz CT molecular complexity index is 663. The number of hydrogen-bond donors (Lipinski definition) is 0. The molecule has 1 aromatic rings. The number of benzene rings is 1. The second kappa shape index (κ2) is 5.10. The molecule has 0 unspecified atom stereocenters. The zero-order valence-corrected chi connectivity index (χ0v) is 14.2. The summed E-state index contributed by atoms with van der Waals surface area (Å²) < 4.78 is 26.2. The quantitative estimate of drug-likeness (QED) is 0.749. The van der Waals surface area contributed by atoms with Gasteiger partial charge in [-0.1, -0.05) is 15.9 Å². The zero-order chi connectivity index (χ0) is 15.1. The number of rotatable bonds is 3. The van der Waals surface area contributed by atoms with Crippen LogP contribution in [0.15, 0.2) is 33.6 Å². The summed E-state index contributed by atoms with van der Waals surface area (Å²) in [6.07, 6.45) is 5.24. The summed E-state index contributed by atoms with van der Waals surface area (Å²) in [5.41, 5.74) is -0.276. The van der Waals surface area contributed by atoms with Crippen molar-refractivity contribution < 1.29 is 8.42 Å². The van der Waals surface area contributed by atoms with E-state index in [2.05, 4.69) is 20.8 Å². The maximum absolute atomic E-state index is 12.7. The van der Waals surface area contributed by atoms with Crippen LogP contribution in [-0.2, 0) is 9.84 Å². The average Bonchev–Trinajstić information content (AvgIpc) is 2.49. The molecule has 0 N–H and O–H groups in total. The van der Waals surface area contributed by atoms with E-state index in [1.54, 1.807) is 24.3 Å². The summed E-state index contributed by atoms with van der Waals surface area (Å²) >= 11 is 3.33. The Kier molecular flexibility index (Phi) is 3.66. The number of nitrogens with zero attached hydrogens (tertiary/aromatic N) is 1. The number of sulfone groups is 1. The van der Waals surface area contributed by atoms with Crippen molar-refractivity contribution in [3.63, 3.8) is 0 Å². The molecule has 3 aliphatic rings. The fourth-order valence-corrected chi connectivity index (χ4v) is 5.98. The largest absolute Gasteiger partial charge is 0.310 e. The summed E-state index contributed by atoms with van der Waals surface area (Å²) in [6, 6.07) is 6.89. The van der Waals surface area contributed by atoms with Crippen LogP contribution in [0.5, 0.6) is 0 Å². The minimum Gasteiger partial charge on any atom is -0.310 e. The highest BCUT2D eigenvalue weighted by molar-refractivity contribution is 9.10. The molecular formula is C16H18BrNO2S. The SMILES string of the molecule is [C-]#[N+]C12CCC(CS(=O)(=O)c3ccc(Br)cc3)(CC1)CC2. The van der Waals surface area contributed by atoms with Crippen molar-refractivity contribution in [2.75, 3.05) is 5.75 Å².